The molecule has 3 rings (SSSR count). The molecule has 5 nitrogen and oxygen atoms in total. The lowest BCUT2D eigenvalue weighted by atomic mass is 9.94. The van der Waals surface area contributed by atoms with Gasteiger partial charge in [0.25, 0.3) is 0 Å². The number of nitrogens with zero attached hydrogens (tertiary/aromatic N) is 1. The van der Waals surface area contributed by atoms with Crippen LogP contribution in [0.2, 0.25) is 0 Å². The number of rotatable bonds is 4. The van der Waals surface area contributed by atoms with Crippen molar-refractivity contribution in [3.8, 4) is 0 Å². The molecule has 0 saturated carbocycles. The first-order valence-corrected chi connectivity index (χ1v) is 8.03. The molecule has 1 aromatic carbocycles. The first-order chi connectivity index (χ1) is 11.8. The van der Waals surface area contributed by atoms with Crippen molar-refractivity contribution in [3.63, 3.8) is 0 Å². The lowest BCUT2D eigenvalue weighted by Gasteiger charge is -2.25. The number of H-pyrrole nitrogens is 1. The lowest BCUT2D eigenvalue weighted by molar-refractivity contribution is -0.126. The molecule has 1 atom stereocenters. The monoisotopic (exact) mass is 341 g/mol. The van der Waals surface area contributed by atoms with E-state index in [1.165, 1.54) is 12.1 Å². The Hall–Kier alpha value is -2.89. The topological polar surface area (TPSA) is 79.2 Å². The summed E-state index contributed by atoms with van der Waals surface area (Å²) in [5, 5.41) is 0.701. The highest BCUT2D eigenvalue weighted by Crippen LogP contribution is 2.38. The van der Waals surface area contributed by atoms with Gasteiger partial charge >= 0.3 is 0 Å². The van der Waals surface area contributed by atoms with Gasteiger partial charge in [0, 0.05) is 23.2 Å². The maximum Gasteiger partial charge on any atom is 0.247 e. The largest absolute Gasteiger partial charge is 0.369 e. The van der Waals surface area contributed by atoms with E-state index in [1.54, 1.807) is 4.90 Å². The van der Waals surface area contributed by atoms with Crippen molar-refractivity contribution < 1.29 is 14.0 Å². The van der Waals surface area contributed by atoms with Gasteiger partial charge in [-0.05, 0) is 37.1 Å². The zero-order valence-electron chi connectivity index (χ0n) is 14.2. The second kappa shape index (κ2) is 6.20. The van der Waals surface area contributed by atoms with Crippen LogP contribution in [0.4, 0.5) is 4.39 Å². The molecule has 0 fully saturated rings. The molecular weight excluding hydrogens is 321 g/mol. The highest BCUT2D eigenvalue weighted by atomic mass is 19.1. The molecule has 0 saturated heterocycles. The van der Waals surface area contributed by atoms with Crippen molar-refractivity contribution >= 4 is 22.7 Å². The van der Waals surface area contributed by atoms with E-state index in [0.29, 0.717) is 28.6 Å². The minimum absolute atomic E-state index is 0.0527. The van der Waals surface area contributed by atoms with E-state index >= 15 is 4.39 Å². The van der Waals surface area contributed by atoms with Crippen molar-refractivity contribution in [2.75, 3.05) is 6.54 Å². The number of benzene rings is 1. The Kier molecular flexibility index (Phi) is 4.20. The number of aromatic nitrogens is 1. The Morgan fingerprint density at radius 2 is 2.20 bits per heavy atom. The minimum atomic E-state index is -0.525. The molecule has 0 radical (unpaired) electrons. The Balaban J connectivity index is 2.27. The van der Waals surface area contributed by atoms with Crippen LogP contribution in [0.15, 0.2) is 30.9 Å². The van der Waals surface area contributed by atoms with Gasteiger partial charge in [-0.1, -0.05) is 18.7 Å². The first kappa shape index (κ1) is 17.0. The van der Waals surface area contributed by atoms with Crippen LogP contribution in [-0.2, 0) is 16.0 Å². The summed E-state index contributed by atoms with van der Waals surface area (Å²) in [7, 11) is 0. The highest BCUT2D eigenvalue weighted by molar-refractivity contribution is 5.95. The molecule has 6 heteroatoms. The van der Waals surface area contributed by atoms with Crippen LogP contribution in [0.25, 0.3) is 10.9 Å². The molecule has 25 heavy (non-hydrogen) atoms. The van der Waals surface area contributed by atoms with E-state index in [2.05, 4.69) is 11.6 Å². The van der Waals surface area contributed by atoms with Gasteiger partial charge in [-0.25, -0.2) is 4.39 Å². The molecular formula is C19H20FN3O2. The number of aromatic amines is 1. The molecule has 0 aliphatic carbocycles. The zero-order chi connectivity index (χ0) is 18.3. The van der Waals surface area contributed by atoms with E-state index in [4.69, 9.17) is 5.73 Å². The number of carbonyl (C=O) groups is 2. The Morgan fingerprint density at radius 1 is 1.48 bits per heavy atom. The van der Waals surface area contributed by atoms with Crippen LogP contribution in [-0.4, -0.2) is 28.2 Å². The molecule has 0 bridgehead atoms. The normalized spacial score (nSPS) is 16.6. The third kappa shape index (κ3) is 2.73. The molecule has 1 aromatic heterocycles. The maximum absolute atomic E-state index is 15.0. The summed E-state index contributed by atoms with van der Waals surface area (Å²) in [6, 6.07) is 0.824. The number of nitrogens with one attached hydrogen (secondary N) is 1. The predicted octanol–water partition coefficient (Wildman–Crippen LogP) is 2.58. The molecule has 2 aromatic rings. The highest BCUT2D eigenvalue weighted by Gasteiger charge is 2.30. The molecule has 1 aliphatic heterocycles. The second-order valence-electron chi connectivity index (χ2n) is 6.27. The van der Waals surface area contributed by atoms with E-state index in [-0.39, 0.29) is 12.3 Å². The number of fused-ring (bicyclic) bond motifs is 1. The maximum atomic E-state index is 15.0. The van der Waals surface area contributed by atoms with Crippen LogP contribution < -0.4 is 5.73 Å². The van der Waals surface area contributed by atoms with E-state index < -0.39 is 17.8 Å². The smallest absolute Gasteiger partial charge is 0.247 e. The summed E-state index contributed by atoms with van der Waals surface area (Å²) >= 11 is 0. The number of amides is 2. The van der Waals surface area contributed by atoms with Gasteiger partial charge in [-0.2, -0.15) is 0 Å². The fourth-order valence-electron chi connectivity index (χ4n) is 3.45. The Labute approximate surface area is 145 Å². The average Bonchev–Trinajstić information content (AvgIpc) is 3.13. The molecule has 1 unspecified atom stereocenters. The molecule has 0 spiro atoms. The number of nitrogens with two attached hydrogens (primary N) is 1. The van der Waals surface area contributed by atoms with Gasteiger partial charge in [-0.15, -0.1) is 0 Å². The van der Waals surface area contributed by atoms with Gasteiger partial charge in [0.15, 0.2) is 0 Å². The van der Waals surface area contributed by atoms with Crippen molar-refractivity contribution in [2.45, 2.75) is 26.3 Å². The average molecular weight is 341 g/mol. The number of primary amides is 1. The molecule has 2 heterocycles. The van der Waals surface area contributed by atoms with Crippen molar-refractivity contribution in [1.29, 1.82) is 0 Å². The van der Waals surface area contributed by atoms with Crippen LogP contribution in [0, 0.1) is 19.7 Å². The minimum Gasteiger partial charge on any atom is -0.369 e. The summed E-state index contributed by atoms with van der Waals surface area (Å²) < 4.78 is 15.0. The summed E-state index contributed by atoms with van der Waals surface area (Å²) in [4.78, 5) is 28.3. The Morgan fingerprint density at radius 3 is 2.84 bits per heavy atom. The van der Waals surface area contributed by atoms with E-state index in [0.717, 1.165) is 11.3 Å². The van der Waals surface area contributed by atoms with Crippen molar-refractivity contribution in [2.24, 2.45) is 5.73 Å². The van der Waals surface area contributed by atoms with E-state index in [9.17, 15) is 9.59 Å². The molecule has 3 N–H and O–H groups in total. The molecule has 1 aliphatic rings. The van der Waals surface area contributed by atoms with Crippen LogP contribution in [0.1, 0.15) is 28.4 Å². The van der Waals surface area contributed by atoms with Gasteiger partial charge in [0.05, 0.1) is 18.0 Å². The van der Waals surface area contributed by atoms with Gasteiger partial charge in [-0.3, -0.25) is 9.59 Å². The molecule has 2 amide bonds. The van der Waals surface area contributed by atoms with Crippen LogP contribution in [0.5, 0.6) is 0 Å². The second-order valence-corrected chi connectivity index (χ2v) is 6.27. The van der Waals surface area contributed by atoms with Gasteiger partial charge in [0.2, 0.25) is 11.8 Å². The van der Waals surface area contributed by atoms with Crippen molar-refractivity contribution in [1.82, 2.24) is 9.88 Å². The SMILES string of the molecule is C=CC(=O)N1CC=CC1c1c(F)cc(CC(N)=O)c2[nH]c(C)c(C)c12. The number of halogens is 1. The first-order valence-electron chi connectivity index (χ1n) is 8.03. The summed E-state index contributed by atoms with van der Waals surface area (Å²) in [6.07, 6.45) is 4.83. The van der Waals surface area contributed by atoms with E-state index in [1.807, 2.05) is 26.0 Å². The summed E-state index contributed by atoms with van der Waals surface area (Å²) in [5.74, 6) is -1.24. The molecule has 130 valence electrons. The summed E-state index contributed by atoms with van der Waals surface area (Å²) in [6.45, 7) is 7.70. The number of hydrogen-bond donors (Lipinski definition) is 2. The fraction of sp³-hybridized carbons (Fsp3) is 0.263. The predicted molar refractivity (Wildman–Crippen MR) is 94.4 cm³/mol. The summed E-state index contributed by atoms with van der Waals surface area (Å²) in [5.41, 5.74) is 8.71. The number of carbonyl (C=O) groups excluding carboxylic acids is 2. The lowest BCUT2D eigenvalue weighted by Crippen LogP contribution is -2.30. The van der Waals surface area contributed by atoms with Crippen LogP contribution >= 0.6 is 0 Å². The fourth-order valence-corrected chi connectivity index (χ4v) is 3.45. The standard InChI is InChI=1S/C19H20FN3O2/c1-4-16(25)23-7-5-6-14(23)18-13(20)8-12(9-15(21)24)19-17(18)10(2)11(3)22-19/h4-6,8,14,22H,1,7,9H2,2-3H3,(H2,21,24). The van der Waals surface area contributed by atoms with Crippen molar-refractivity contribution in [3.05, 3.63) is 59.1 Å². The third-order valence-corrected chi connectivity index (χ3v) is 4.72. The quantitative estimate of drug-likeness (QED) is 0.662. The number of aryl methyl sites for hydroxylation is 2. The van der Waals surface area contributed by atoms with Gasteiger partial charge < -0.3 is 15.6 Å². The Bertz CT molecular complexity index is 927. The third-order valence-electron chi connectivity index (χ3n) is 4.72. The van der Waals surface area contributed by atoms with Crippen LogP contribution in [0.3, 0.4) is 0 Å². The zero-order valence-corrected chi connectivity index (χ0v) is 14.2. The van der Waals surface area contributed by atoms with Gasteiger partial charge in [0.1, 0.15) is 5.82 Å². The number of hydrogen-bond acceptors (Lipinski definition) is 2.